The number of aryl methyl sites for hydroxylation is 1. The van der Waals surface area contributed by atoms with Gasteiger partial charge in [0.1, 0.15) is 5.82 Å². The van der Waals surface area contributed by atoms with Crippen LogP contribution in [0.1, 0.15) is 73.7 Å². The summed E-state index contributed by atoms with van der Waals surface area (Å²) in [5.41, 5.74) is 0.353. The molecule has 0 bridgehead atoms. The van der Waals surface area contributed by atoms with Gasteiger partial charge in [0.05, 0.1) is 0 Å². The highest BCUT2D eigenvalue weighted by Gasteiger charge is 2.32. The Labute approximate surface area is 165 Å². The van der Waals surface area contributed by atoms with Crippen LogP contribution in [0.25, 0.3) is 0 Å². The SMILES string of the molecule is CCCCc1nc(=O)c(C(=O)N2CC[C@H](c3ccccc3)C2)c(O)n1C(C)C. The molecule has 0 unspecified atom stereocenters. The third kappa shape index (κ3) is 3.96. The molecule has 0 aliphatic carbocycles. The third-order valence-corrected chi connectivity index (χ3v) is 5.40. The molecule has 150 valence electrons. The number of hydrogen-bond acceptors (Lipinski definition) is 4. The van der Waals surface area contributed by atoms with E-state index in [4.69, 9.17) is 0 Å². The molecule has 2 heterocycles. The smallest absolute Gasteiger partial charge is 0.289 e. The van der Waals surface area contributed by atoms with Crippen LogP contribution in [0.4, 0.5) is 0 Å². The van der Waals surface area contributed by atoms with Gasteiger partial charge in [0.15, 0.2) is 5.56 Å². The average molecular weight is 383 g/mol. The summed E-state index contributed by atoms with van der Waals surface area (Å²) in [6.07, 6.45) is 3.28. The fraction of sp³-hybridized carbons (Fsp3) is 0.500. The maximum atomic E-state index is 13.1. The fourth-order valence-electron chi connectivity index (χ4n) is 3.91. The molecule has 1 saturated heterocycles. The van der Waals surface area contributed by atoms with E-state index in [2.05, 4.69) is 24.0 Å². The standard InChI is InChI=1S/C22H29N3O3/c1-4-5-11-18-23-20(26)19(22(28)25(18)15(2)3)21(27)24-13-12-17(14-24)16-9-7-6-8-10-16/h6-10,15,17,28H,4-5,11-14H2,1-3H3/t17-/m0/s1. The Hall–Kier alpha value is -2.63. The molecule has 1 aromatic heterocycles. The number of aromatic hydroxyl groups is 1. The second kappa shape index (κ2) is 8.59. The van der Waals surface area contributed by atoms with Crippen molar-refractivity contribution in [2.45, 2.75) is 58.4 Å². The average Bonchev–Trinajstić information content (AvgIpc) is 3.16. The van der Waals surface area contributed by atoms with Crippen LogP contribution < -0.4 is 5.56 Å². The van der Waals surface area contributed by atoms with Crippen LogP contribution in [0.2, 0.25) is 0 Å². The van der Waals surface area contributed by atoms with Gasteiger partial charge in [0.2, 0.25) is 5.88 Å². The summed E-state index contributed by atoms with van der Waals surface area (Å²) in [5.74, 6) is 0.107. The van der Waals surface area contributed by atoms with Crippen LogP contribution in [0.3, 0.4) is 0 Å². The van der Waals surface area contributed by atoms with Crippen molar-refractivity contribution in [1.29, 1.82) is 0 Å². The van der Waals surface area contributed by atoms with E-state index < -0.39 is 11.5 Å². The summed E-state index contributed by atoms with van der Waals surface area (Å²) in [4.78, 5) is 31.5. The lowest BCUT2D eigenvalue weighted by atomic mass is 9.99. The first-order valence-corrected chi connectivity index (χ1v) is 10.1. The molecular weight excluding hydrogens is 354 g/mol. The van der Waals surface area contributed by atoms with Crippen LogP contribution in [0, 0.1) is 0 Å². The molecule has 0 spiro atoms. The van der Waals surface area contributed by atoms with Gasteiger partial charge in [0.25, 0.3) is 11.5 Å². The highest BCUT2D eigenvalue weighted by molar-refractivity contribution is 5.96. The summed E-state index contributed by atoms with van der Waals surface area (Å²) in [6.45, 7) is 7.00. The second-order valence-corrected chi connectivity index (χ2v) is 7.75. The molecule has 1 atom stereocenters. The minimum Gasteiger partial charge on any atom is -0.494 e. The van der Waals surface area contributed by atoms with Gasteiger partial charge < -0.3 is 10.0 Å². The summed E-state index contributed by atoms with van der Waals surface area (Å²) in [6, 6.07) is 9.98. The number of rotatable bonds is 6. The van der Waals surface area contributed by atoms with Crippen molar-refractivity contribution in [2.24, 2.45) is 0 Å². The summed E-state index contributed by atoms with van der Waals surface area (Å²) < 4.78 is 1.62. The number of unbranched alkanes of at least 4 members (excludes halogenated alkanes) is 1. The second-order valence-electron chi connectivity index (χ2n) is 7.75. The Balaban J connectivity index is 1.90. The lowest BCUT2D eigenvalue weighted by Gasteiger charge is -2.22. The van der Waals surface area contributed by atoms with Crippen molar-refractivity contribution < 1.29 is 9.90 Å². The molecular formula is C22H29N3O3. The molecule has 1 aliphatic rings. The van der Waals surface area contributed by atoms with Crippen LogP contribution in [-0.4, -0.2) is 38.6 Å². The zero-order valence-corrected chi connectivity index (χ0v) is 16.9. The number of likely N-dealkylation sites (tertiary alicyclic amines) is 1. The highest BCUT2D eigenvalue weighted by Crippen LogP contribution is 2.29. The molecule has 1 aromatic carbocycles. The predicted octanol–water partition coefficient (Wildman–Crippen LogP) is 3.50. The highest BCUT2D eigenvalue weighted by atomic mass is 16.3. The molecule has 6 nitrogen and oxygen atoms in total. The minimum atomic E-state index is -0.631. The summed E-state index contributed by atoms with van der Waals surface area (Å²) in [5, 5.41) is 10.8. The number of benzene rings is 1. The van der Waals surface area contributed by atoms with Gasteiger partial charge in [0, 0.05) is 31.5 Å². The van der Waals surface area contributed by atoms with Crippen molar-refractivity contribution >= 4 is 5.91 Å². The number of carbonyl (C=O) groups excluding carboxylic acids is 1. The van der Waals surface area contributed by atoms with Gasteiger partial charge in [-0.1, -0.05) is 43.7 Å². The molecule has 28 heavy (non-hydrogen) atoms. The monoisotopic (exact) mass is 383 g/mol. The van der Waals surface area contributed by atoms with E-state index >= 15 is 0 Å². The largest absolute Gasteiger partial charge is 0.494 e. The minimum absolute atomic E-state index is 0.0952. The van der Waals surface area contributed by atoms with Crippen molar-refractivity contribution in [1.82, 2.24) is 14.5 Å². The molecule has 1 N–H and O–H groups in total. The topological polar surface area (TPSA) is 75.4 Å². The first-order chi connectivity index (χ1) is 13.4. The van der Waals surface area contributed by atoms with Gasteiger partial charge in [-0.3, -0.25) is 14.2 Å². The first kappa shape index (κ1) is 20.1. The number of carbonyl (C=O) groups is 1. The lowest BCUT2D eigenvalue weighted by molar-refractivity contribution is 0.0783. The van der Waals surface area contributed by atoms with Crippen molar-refractivity contribution in [3.05, 3.63) is 57.6 Å². The van der Waals surface area contributed by atoms with Crippen LogP contribution in [0.5, 0.6) is 5.88 Å². The number of hydrogen-bond donors (Lipinski definition) is 1. The van der Waals surface area contributed by atoms with Crippen molar-refractivity contribution in [2.75, 3.05) is 13.1 Å². The van der Waals surface area contributed by atoms with E-state index in [1.165, 1.54) is 5.56 Å². The van der Waals surface area contributed by atoms with E-state index in [9.17, 15) is 14.7 Å². The van der Waals surface area contributed by atoms with Crippen LogP contribution >= 0.6 is 0 Å². The number of nitrogens with zero attached hydrogens (tertiary/aromatic N) is 3. The predicted molar refractivity (Wildman–Crippen MR) is 109 cm³/mol. The first-order valence-electron chi connectivity index (χ1n) is 10.1. The lowest BCUT2D eigenvalue weighted by Crippen LogP contribution is -2.35. The van der Waals surface area contributed by atoms with Crippen LogP contribution in [0.15, 0.2) is 35.1 Å². The van der Waals surface area contributed by atoms with E-state index in [1.54, 1.807) is 9.47 Å². The zero-order valence-electron chi connectivity index (χ0n) is 16.9. The molecule has 1 fully saturated rings. The van der Waals surface area contributed by atoms with Gasteiger partial charge in [-0.15, -0.1) is 0 Å². The molecule has 1 amide bonds. The van der Waals surface area contributed by atoms with Gasteiger partial charge >= 0.3 is 0 Å². The van der Waals surface area contributed by atoms with Gasteiger partial charge in [-0.2, -0.15) is 4.98 Å². The maximum absolute atomic E-state index is 13.1. The Bertz CT molecular complexity index is 890. The fourth-order valence-corrected chi connectivity index (χ4v) is 3.91. The van der Waals surface area contributed by atoms with Crippen molar-refractivity contribution in [3.63, 3.8) is 0 Å². The molecule has 3 rings (SSSR count). The molecule has 0 radical (unpaired) electrons. The summed E-state index contributed by atoms with van der Waals surface area (Å²) >= 11 is 0. The third-order valence-electron chi connectivity index (χ3n) is 5.40. The van der Waals surface area contributed by atoms with E-state index in [-0.39, 0.29) is 23.4 Å². The van der Waals surface area contributed by atoms with Crippen LogP contribution in [-0.2, 0) is 6.42 Å². The van der Waals surface area contributed by atoms with Gasteiger partial charge in [-0.25, -0.2) is 0 Å². The molecule has 0 saturated carbocycles. The molecule has 2 aromatic rings. The Morgan fingerprint density at radius 2 is 2.00 bits per heavy atom. The maximum Gasteiger partial charge on any atom is 0.289 e. The summed E-state index contributed by atoms with van der Waals surface area (Å²) in [7, 11) is 0. The zero-order chi connectivity index (χ0) is 20.3. The number of aromatic nitrogens is 2. The Morgan fingerprint density at radius 1 is 1.29 bits per heavy atom. The van der Waals surface area contributed by atoms with Crippen molar-refractivity contribution in [3.8, 4) is 5.88 Å². The molecule has 6 heteroatoms. The molecule has 1 aliphatic heterocycles. The van der Waals surface area contributed by atoms with Gasteiger partial charge in [-0.05, 0) is 32.3 Å². The van der Waals surface area contributed by atoms with E-state index in [0.29, 0.717) is 25.3 Å². The number of amides is 1. The van der Waals surface area contributed by atoms with E-state index in [1.807, 2.05) is 32.0 Å². The van der Waals surface area contributed by atoms with E-state index in [0.717, 1.165) is 19.3 Å². The normalized spacial score (nSPS) is 16.7. The Morgan fingerprint density at radius 3 is 2.64 bits per heavy atom. The Kier molecular flexibility index (Phi) is 6.17. The quantitative estimate of drug-likeness (QED) is 0.828.